The van der Waals surface area contributed by atoms with Gasteiger partial charge in [0, 0.05) is 25.9 Å². The largest absolute Gasteiger partial charge is 0.478 e. The highest BCUT2D eigenvalue weighted by Gasteiger charge is 1.97. The van der Waals surface area contributed by atoms with Gasteiger partial charge in [0.1, 0.15) is 0 Å². The second kappa shape index (κ2) is 3.12. The van der Waals surface area contributed by atoms with Gasteiger partial charge in [0.25, 0.3) is 0 Å². The van der Waals surface area contributed by atoms with E-state index in [4.69, 9.17) is 5.11 Å². The van der Waals surface area contributed by atoms with Crippen LogP contribution in [0.3, 0.4) is 0 Å². The van der Waals surface area contributed by atoms with Crippen LogP contribution in [-0.4, -0.2) is 30.1 Å². The second-order valence-corrected chi connectivity index (χ2v) is 2.08. The summed E-state index contributed by atoms with van der Waals surface area (Å²) in [7, 11) is 3.57. The zero-order valence-electron chi connectivity index (χ0n) is 5.88. The first-order chi connectivity index (χ1) is 4.04. The van der Waals surface area contributed by atoms with Crippen LogP contribution in [0.4, 0.5) is 0 Å². The van der Waals surface area contributed by atoms with Crippen molar-refractivity contribution in [3.63, 3.8) is 0 Å². The van der Waals surface area contributed by atoms with Gasteiger partial charge in [0.2, 0.25) is 0 Å². The van der Waals surface area contributed by atoms with Crippen LogP contribution in [0.15, 0.2) is 11.8 Å². The van der Waals surface area contributed by atoms with E-state index in [2.05, 4.69) is 0 Å². The van der Waals surface area contributed by atoms with Gasteiger partial charge in [0.05, 0.1) is 0 Å². The molecule has 0 heterocycles. The Balaban J connectivity index is 4.00. The van der Waals surface area contributed by atoms with Crippen LogP contribution in [0.2, 0.25) is 0 Å². The van der Waals surface area contributed by atoms with Gasteiger partial charge < -0.3 is 10.0 Å². The SMILES string of the molecule is C/C(=C/N(C)C)C(=O)O. The van der Waals surface area contributed by atoms with Gasteiger partial charge in [-0.25, -0.2) is 4.79 Å². The number of rotatable bonds is 2. The Hall–Kier alpha value is -0.990. The molecule has 0 bridgehead atoms. The third kappa shape index (κ3) is 3.58. The van der Waals surface area contributed by atoms with Gasteiger partial charge >= 0.3 is 5.97 Å². The van der Waals surface area contributed by atoms with Crippen LogP contribution < -0.4 is 0 Å². The van der Waals surface area contributed by atoms with Crippen LogP contribution in [0.25, 0.3) is 0 Å². The summed E-state index contributed by atoms with van der Waals surface area (Å²) < 4.78 is 0. The van der Waals surface area contributed by atoms with Gasteiger partial charge in [-0.3, -0.25) is 0 Å². The number of nitrogens with zero attached hydrogens (tertiary/aromatic N) is 1. The van der Waals surface area contributed by atoms with E-state index in [1.165, 1.54) is 0 Å². The molecule has 0 radical (unpaired) electrons. The minimum absolute atomic E-state index is 0.347. The number of carbonyl (C=O) groups is 1. The van der Waals surface area contributed by atoms with Crippen LogP contribution in [0.5, 0.6) is 0 Å². The third-order valence-electron chi connectivity index (χ3n) is 0.789. The van der Waals surface area contributed by atoms with E-state index < -0.39 is 5.97 Å². The summed E-state index contributed by atoms with van der Waals surface area (Å²) in [4.78, 5) is 11.8. The van der Waals surface area contributed by atoms with E-state index in [-0.39, 0.29) is 0 Å². The third-order valence-corrected chi connectivity index (χ3v) is 0.789. The molecular formula is C6H11NO2. The van der Waals surface area contributed by atoms with Crippen molar-refractivity contribution >= 4 is 5.97 Å². The van der Waals surface area contributed by atoms with E-state index in [1.807, 2.05) is 0 Å². The van der Waals surface area contributed by atoms with E-state index >= 15 is 0 Å². The van der Waals surface area contributed by atoms with Gasteiger partial charge in [-0.1, -0.05) is 0 Å². The molecule has 0 saturated carbocycles. The molecule has 0 aromatic heterocycles. The Morgan fingerprint density at radius 1 is 1.56 bits per heavy atom. The topological polar surface area (TPSA) is 40.5 Å². The van der Waals surface area contributed by atoms with Crippen molar-refractivity contribution in [3.05, 3.63) is 11.8 Å². The van der Waals surface area contributed by atoms with Crippen molar-refractivity contribution in [2.45, 2.75) is 6.92 Å². The molecule has 0 fully saturated rings. The van der Waals surface area contributed by atoms with Crippen LogP contribution in [-0.2, 0) is 4.79 Å². The highest BCUT2D eigenvalue weighted by molar-refractivity contribution is 5.85. The normalized spacial score (nSPS) is 11.2. The molecule has 0 unspecified atom stereocenters. The molecule has 3 heteroatoms. The summed E-state index contributed by atoms with van der Waals surface area (Å²) in [5.41, 5.74) is 0.347. The molecule has 0 aliphatic heterocycles. The van der Waals surface area contributed by atoms with E-state index in [9.17, 15) is 4.79 Å². The molecule has 0 amide bonds. The first-order valence-corrected chi connectivity index (χ1v) is 2.62. The molecular weight excluding hydrogens is 118 g/mol. The molecule has 0 spiro atoms. The predicted molar refractivity (Wildman–Crippen MR) is 35.1 cm³/mol. The summed E-state index contributed by atoms with van der Waals surface area (Å²) in [5, 5.41) is 8.34. The van der Waals surface area contributed by atoms with Crippen molar-refractivity contribution in [2.24, 2.45) is 0 Å². The quantitative estimate of drug-likeness (QED) is 0.553. The number of hydrogen-bond donors (Lipinski definition) is 1. The maximum atomic E-state index is 10.1. The van der Waals surface area contributed by atoms with Gasteiger partial charge in [-0.2, -0.15) is 0 Å². The Morgan fingerprint density at radius 2 is 2.00 bits per heavy atom. The molecule has 1 N–H and O–H groups in total. The lowest BCUT2D eigenvalue weighted by Gasteiger charge is -2.03. The molecule has 3 nitrogen and oxygen atoms in total. The Kier molecular flexibility index (Phi) is 2.78. The lowest BCUT2D eigenvalue weighted by molar-refractivity contribution is -0.132. The summed E-state index contributed by atoms with van der Waals surface area (Å²) in [6.45, 7) is 1.56. The molecule has 0 aliphatic carbocycles. The lowest BCUT2D eigenvalue weighted by Crippen LogP contribution is -2.06. The molecule has 0 atom stereocenters. The molecule has 0 aromatic carbocycles. The Morgan fingerprint density at radius 3 is 2.11 bits per heavy atom. The standard InChI is InChI=1S/C6H11NO2/c1-5(6(8)9)4-7(2)3/h4H,1-3H3,(H,8,9)/b5-4-. The number of carboxylic acids is 1. The van der Waals surface area contributed by atoms with Crippen molar-refractivity contribution in [2.75, 3.05) is 14.1 Å². The summed E-state index contributed by atoms with van der Waals surface area (Å²) in [5.74, 6) is -0.872. The van der Waals surface area contributed by atoms with Crippen LogP contribution >= 0.6 is 0 Å². The maximum absolute atomic E-state index is 10.1. The van der Waals surface area contributed by atoms with Crippen molar-refractivity contribution < 1.29 is 9.90 Å². The smallest absolute Gasteiger partial charge is 0.332 e. The number of hydrogen-bond acceptors (Lipinski definition) is 2. The van der Waals surface area contributed by atoms with Crippen molar-refractivity contribution in [3.8, 4) is 0 Å². The fourth-order valence-electron chi connectivity index (χ4n) is 0.443. The number of aliphatic carboxylic acids is 1. The fraction of sp³-hybridized carbons (Fsp3) is 0.500. The fourth-order valence-corrected chi connectivity index (χ4v) is 0.443. The highest BCUT2D eigenvalue weighted by atomic mass is 16.4. The molecule has 0 aliphatic rings. The molecule has 0 saturated heterocycles. The monoisotopic (exact) mass is 129 g/mol. The van der Waals surface area contributed by atoms with Crippen LogP contribution in [0.1, 0.15) is 6.92 Å². The van der Waals surface area contributed by atoms with E-state index in [0.717, 1.165) is 0 Å². The Bertz CT molecular complexity index is 138. The first kappa shape index (κ1) is 8.01. The summed E-state index contributed by atoms with van der Waals surface area (Å²) >= 11 is 0. The lowest BCUT2D eigenvalue weighted by atomic mass is 10.3. The zero-order valence-corrected chi connectivity index (χ0v) is 5.88. The summed E-state index contributed by atoms with van der Waals surface area (Å²) in [6.07, 6.45) is 1.56. The highest BCUT2D eigenvalue weighted by Crippen LogP contribution is 1.91. The van der Waals surface area contributed by atoms with E-state index in [1.54, 1.807) is 32.1 Å². The van der Waals surface area contributed by atoms with Gasteiger partial charge in [0.15, 0.2) is 0 Å². The first-order valence-electron chi connectivity index (χ1n) is 2.62. The minimum Gasteiger partial charge on any atom is -0.478 e. The van der Waals surface area contributed by atoms with Crippen LogP contribution in [0, 0.1) is 0 Å². The summed E-state index contributed by atoms with van der Waals surface area (Å²) in [6, 6.07) is 0. The average Bonchev–Trinajstić information content (AvgIpc) is 1.63. The van der Waals surface area contributed by atoms with Crippen molar-refractivity contribution in [1.29, 1.82) is 0 Å². The second-order valence-electron chi connectivity index (χ2n) is 2.08. The predicted octanol–water partition coefficient (Wildman–Crippen LogP) is 0.536. The number of carboxylic acid groups (broad SMARTS) is 1. The minimum atomic E-state index is -0.872. The molecule has 52 valence electrons. The van der Waals surface area contributed by atoms with E-state index in [0.29, 0.717) is 5.57 Å². The molecule has 0 aromatic rings. The van der Waals surface area contributed by atoms with Gasteiger partial charge in [-0.05, 0) is 6.92 Å². The zero-order chi connectivity index (χ0) is 7.44. The van der Waals surface area contributed by atoms with Gasteiger partial charge in [-0.15, -0.1) is 0 Å². The molecule has 9 heavy (non-hydrogen) atoms. The molecule has 0 rings (SSSR count). The Labute approximate surface area is 54.6 Å². The maximum Gasteiger partial charge on any atom is 0.332 e. The average molecular weight is 129 g/mol. The van der Waals surface area contributed by atoms with Crippen molar-refractivity contribution in [1.82, 2.24) is 4.90 Å².